The highest BCUT2D eigenvalue weighted by Gasteiger charge is 2.36. The third kappa shape index (κ3) is 5.11. The molecule has 1 fully saturated rings. The van der Waals surface area contributed by atoms with Crippen LogP contribution >= 0.6 is 11.8 Å². The van der Waals surface area contributed by atoms with Gasteiger partial charge in [0.1, 0.15) is 12.1 Å². The number of nitrogens with zero attached hydrogens (tertiary/aromatic N) is 1. The number of thioether (sulfide) groups is 1. The summed E-state index contributed by atoms with van der Waals surface area (Å²) in [7, 11) is 1.31. The van der Waals surface area contributed by atoms with E-state index in [2.05, 4.69) is 5.32 Å². The molecular weight excluding hydrogens is 294 g/mol. The molecule has 0 aromatic rings. The second kappa shape index (κ2) is 8.76. The Morgan fingerprint density at radius 3 is 2.71 bits per heavy atom. The first-order valence-corrected chi connectivity index (χ1v) is 8.33. The van der Waals surface area contributed by atoms with Crippen LogP contribution in [0, 0.1) is 0 Å². The fourth-order valence-electron chi connectivity index (χ4n) is 2.44. The highest BCUT2D eigenvalue weighted by molar-refractivity contribution is 7.98. The van der Waals surface area contributed by atoms with Gasteiger partial charge in [-0.1, -0.05) is 0 Å². The SMILES string of the molecule is COC(=O)C1CCCCN1C(=O)C(CCSC)NC(N)=O. The number of nitrogens with two attached hydrogens (primary N) is 1. The number of rotatable bonds is 6. The lowest BCUT2D eigenvalue weighted by Gasteiger charge is -2.36. The molecule has 0 aromatic heterocycles. The number of primary amides is 1. The fourth-order valence-corrected chi connectivity index (χ4v) is 2.91. The Labute approximate surface area is 128 Å². The minimum atomic E-state index is -0.735. The summed E-state index contributed by atoms with van der Waals surface area (Å²) in [5.41, 5.74) is 5.13. The second-order valence-corrected chi connectivity index (χ2v) is 5.89. The van der Waals surface area contributed by atoms with Crippen molar-refractivity contribution >= 4 is 29.7 Å². The molecule has 3 N–H and O–H groups in total. The van der Waals surface area contributed by atoms with E-state index < -0.39 is 24.1 Å². The van der Waals surface area contributed by atoms with Gasteiger partial charge < -0.3 is 20.7 Å². The number of carbonyl (C=O) groups excluding carboxylic acids is 3. The van der Waals surface area contributed by atoms with E-state index in [1.54, 1.807) is 11.8 Å². The van der Waals surface area contributed by atoms with Gasteiger partial charge in [0.15, 0.2) is 0 Å². The maximum absolute atomic E-state index is 12.6. The first-order chi connectivity index (χ1) is 10.0. The molecule has 1 rings (SSSR count). The first-order valence-electron chi connectivity index (χ1n) is 6.94. The number of hydrogen-bond acceptors (Lipinski definition) is 5. The summed E-state index contributed by atoms with van der Waals surface area (Å²) < 4.78 is 4.76. The molecule has 8 heteroatoms. The molecule has 120 valence electrons. The number of likely N-dealkylation sites (tertiary alicyclic amines) is 1. The van der Waals surface area contributed by atoms with Gasteiger partial charge in [-0.25, -0.2) is 9.59 Å². The number of methoxy groups -OCH3 is 1. The van der Waals surface area contributed by atoms with E-state index in [4.69, 9.17) is 10.5 Å². The molecule has 3 amide bonds. The molecule has 7 nitrogen and oxygen atoms in total. The molecule has 0 saturated carbocycles. The minimum absolute atomic E-state index is 0.266. The lowest BCUT2D eigenvalue weighted by molar-refractivity contribution is -0.155. The molecule has 2 unspecified atom stereocenters. The normalized spacial score (nSPS) is 19.7. The molecule has 0 aromatic carbocycles. The number of ether oxygens (including phenoxy) is 1. The van der Waals surface area contributed by atoms with E-state index in [9.17, 15) is 14.4 Å². The number of carbonyl (C=O) groups is 3. The van der Waals surface area contributed by atoms with Gasteiger partial charge in [0.25, 0.3) is 0 Å². The van der Waals surface area contributed by atoms with Crippen LogP contribution in [0.3, 0.4) is 0 Å². The van der Waals surface area contributed by atoms with Crippen molar-refractivity contribution in [2.75, 3.05) is 25.7 Å². The van der Waals surface area contributed by atoms with Crippen molar-refractivity contribution in [1.82, 2.24) is 10.2 Å². The molecule has 1 aliphatic rings. The van der Waals surface area contributed by atoms with Crippen LogP contribution < -0.4 is 11.1 Å². The summed E-state index contributed by atoms with van der Waals surface area (Å²) in [5.74, 6) is 0.0386. The summed E-state index contributed by atoms with van der Waals surface area (Å²) in [6.07, 6.45) is 4.70. The zero-order valence-corrected chi connectivity index (χ0v) is 13.3. The van der Waals surface area contributed by atoms with E-state index in [-0.39, 0.29) is 5.91 Å². The molecule has 1 saturated heterocycles. The van der Waals surface area contributed by atoms with Gasteiger partial charge in [-0.05, 0) is 37.7 Å². The Hall–Kier alpha value is -1.44. The topological polar surface area (TPSA) is 102 Å². The van der Waals surface area contributed by atoms with E-state index in [0.29, 0.717) is 25.1 Å². The van der Waals surface area contributed by atoms with Crippen molar-refractivity contribution in [2.45, 2.75) is 37.8 Å². The van der Waals surface area contributed by atoms with Crippen LogP contribution in [0.15, 0.2) is 0 Å². The predicted molar refractivity (Wildman–Crippen MR) is 80.9 cm³/mol. The average Bonchev–Trinajstić information content (AvgIpc) is 2.49. The summed E-state index contributed by atoms with van der Waals surface area (Å²) in [5, 5.41) is 2.47. The predicted octanol–water partition coefficient (Wildman–Crippen LogP) is 0.331. The number of hydrogen-bond donors (Lipinski definition) is 2. The van der Waals surface area contributed by atoms with Gasteiger partial charge in [-0.2, -0.15) is 11.8 Å². The molecule has 1 aliphatic heterocycles. The van der Waals surface area contributed by atoms with Crippen molar-refractivity contribution in [3.8, 4) is 0 Å². The third-order valence-corrected chi connectivity index (χ3v) is 4.13. The second-order valence-electron chi connectivity index (χ2n) is 4.91. The Bertz CT molecular complexity index is 392. The summed E-state index contributed by atoms with van der Waals surface area (Å²) in [6.45, 7) is 0.495. The molecule has 0 spiro atoms. The lowest BCUT2D eigenvalue weighted by atomic mass is 10.0. The molecule has 1 heterocycles. The first kappa shape index (κ1) is 17.6. The van der Waals surface area contributed by atoms with Gasteiger partial charge in [-0.15, -0.1) is 0 Å². The van der Waals surface area contributed by atoms with Crippen molar-refractivity contribution in [3.63, 3.8) is 0 Å². The molecule has 0 radical (unpaired) electrons. The maximum Gasteiger partial charge on any atom is 0.328 e. The number of nitrogens with one attached hydrogen (secondary N) is 1. The Morgan fingerprint density at radius 1 is 1.43 bits per heavy atom. The Balaban J connectivity index is 2.82. The molecule has 0 bridgehead atoms. The molecule has 2 atom stereocenters. The van der Waals surface area contributed by atoms with Crippen molar-refractivity contribution in [3.05, 3.63) is 0 Å². The number of amides is 3. The van der Waals surface area contributed by atoms with Crippen molar-refractivity contribution < 1.29 is 19.1 Å². The Kier molecular flexibility index (Phi) is 7.35. The molecule has 21 heavy (non-hydrogen) atoms. The van der Waals surface area contributed by atoms with Crippen LogP contribution in [0.4, 0.5) is 4.79 Å². The van der Waals surface area contributed by atoms with Gasteiger partial charge >= 0.3 is 12.0 Å². The van der Waals surface area contributed by atoms with Crippen LogP contribution in [-0.2, 0) is 14.3 Å². The lowest BCUT2D eigenvalue weighted by Crippen LogP contribution is -2.56. The average molecular weight is 317 g/mol. The third-order valence-electron chi connectivity index (χ3n) is 3.48. The van der Waals surface area contributed by atoms with Crippen molar-refractivity contribution in [2.24, 2.45) is 5.73 Å². The fraction of sp³-hybridized carbons (Fsp3) is 0.769. The number of esters is 1. The van der Waals surface area contributed by atoms with Gasteiger partial charge in [0.2, 0.25) is 5.91 Å². The smallest absolute Gasteiger partial charge is 0.328 e. The zero-order valence-electron chi connectivity index (χ0n) is 12.5. The maximum atomic E-state index is 12.6. The summed E-state index contributed by atoms with van der Waals surface area (Å²) in [6, 6.07) is -2.00. The van der Waals surface area contributed by atoms with Crippen molar-refractivity contribution in [1.29, 1.82) is 0 Å². The van der Waals surface area contributed by atoms with E-state index in [1.165, 1.54) is 12.0 Å². The van der Waals surface area contributed by atoms with Crippen LogP contribution in [0.2, 0.25) is 0 Å². The van der Waals surface area contributed by atoms with E-state index in [1.807, 2.05) is 6.26 Å². The monoisotopic (exact) mass is 317 g/mol. The van der Waals surface area contributed by atoms with E-state index >= 15 is 0 Å². The van der Waals surface area contributed by atoms with Crippen LogP contribution in [0.1, 0.15) is 25.7 Å². The number of urea groups is 1. The standard InChI is InChI=1S/C13H23N3O4S/c1-20-12(18)10-5-3-4-7-16(10)11(17)9(6-8-21-2)15-13(14)19/h9-10H,3-8H2,1-2H3,(H3,14,15,19). The number of piperidine rings is 1. The summed E-state index contributed by atoms with van der Waals surface area (Å²) in [4.78, 5) is 37.0. The van der Waals surface area contributed by atoms with Crippen LogP contribution in [0.5, 0.6) is 0 Å². The largest absolute Gasteiger partial charge is 0.467 e. The highest BCUT2D eigenvalue weighted by atomic mass is 32.2. The summed E-state index contributed by atoms with van der Waals surface area (Å²) >= 11 is 1.58. The van der Waals surface area contributed by atoms with Crippen LogP contribution in [0.25, 0.3) is 0 Å². The van der Waals surface area contributed by atoms with Gasteiger partial charge in [0.05, 0.1) is 7.11 Å². The highest BCUT2D eigenvalue weighted by Crippen LogP contribution is 2.20. The molecular formula is C13H23N3O4S. The molecule has 0 aliphatic carbocycles. The quantitative estimate of drug-likeness (QED) is 0.687. The van der Waals surface area contributed by atoms with E-state index in [0.717, 1.165) is 12.8 Å². The van der Waals surface area contributed by atoms with Crippen LogP contribution in [-0.4, -0.2) is 60.6 Å². The zero-order chi connectivity index (χ0) is 15.8. The Morgan fingerprint density at radius 2 is 2.14 bits per heavy atom. The minimum Gasteiger partial charge on any atom is -0.467 e. The van der Waals surface area contributed by atoms with Gasteiger partial charge in [0, 0.05) is 6.54 Å². The van der Waals surface area contributed by atoms with Gasteiger partial charge in [-0.3, -0.25) is 4.79 Å².